The minimum Gasteiger partial charge on any atom is -0.309 e. The summed E-state index contributed by atoms with van der Waals surface area (Å²) < 4.78 is 47.7. The molecule has 0 unspecified atom stereocenters. The molecule has 0 aliphatic rings. The Balaban J connectivity index is 1.21. The number of hydrogen-bond donors (Lipinski definition) is 0. The molecule has 6 heteroatoms. The van der Waals surface area contributed by atoms with Crippen molar-refractivity contribution in [1.29, 1.82) is 0 Å². The normalized spacial score (nSPS) is 11.9. The van der Waals surface area contributed by atoms with Crippen LogP contribution in [-0.4, -0.2) is 9.13 Å². The molecule has 2 aromatic heterocycles. The minimum atomic E-state index is -4.51. The Bertz CT molecular complexity index is 3870. The Morgan fingerprint density at radius 3 is 1.46 bits per heavy atom. The third-order valence-corrected chi connectivity index (χ3v) is 13.3. The molecule has 11 rings (SSSR count). The van der Waals surface area contributed by atoms with E-state index in [2.05, 4.69) is 151 Å². The highest BCUT2D eigenvalue weighted by molar-refractivity contribution is 6.13. The minimum absolute atomic E-state index is 0.468. The van der Waals surface area contributed by atoms with Crippen LogP contribution in [0.4, 0.5) is 18.9 Å². The van der Waals surface area contributed by atoms with Crippen molar-refractivity contribution in [3.63, 3.8) is 0 Å². The van der Waals surface area contributed by atoms with E-state index >= 15 is 0 Å². The standard InChI is InChI=1S/C61H44F3N3/c1-36-15-21-47(39(4)27-36)42-18-24-57-52(32-42)49-11-7-9-13-55(49)66(57)59-26-20-46(65-6)35-54(59)51-23-17-41(44-29-38(3)30-45(31-44)61(62,63)64)34-60(51)67-56-14-10-8-12-50(56)53-33-43(19-25-58(53)67)48-22-16-37(2)28-40(48)5/h7-35H,1-5H3. The SMILES string of the molecule is [C-]#[N+]c1ccc(-n2c3ccccc3c3cc(-c4ccc(C)cc4C)ccc32)c(-c2ccc(-c3cc(C)cc(C(F)(F)F)c3)cc2-n2c3ccccc3c3cc(-c4ccc(C)cc4C)ccc32)c1. The Morgan fingerprint density at radius 1 is 0.388 bits per heavy atom. The van der Waals surface area contributed by atoms with Crippen molar-refractivity contribution in [3.05, 3.63) is 221 Å². The lowest BCUT2D eigenvalue weighted by atomic mass is 9.94. The van der Waals surface area contributed by atoms with Crippen LogP contribution in [0.15, 0.2) is 176 Å². The third-order valence-electron chi connectivity index (χ3n) is 13.3. The summed E-state index contributed by atoms with van der Waals surface area (Å²) in [6.07, 6.45) is -4.51. The van der Waals surface area contributed by atoms with Gasteiger partial charge in [-0.05, 0) is 157 Å². The van der Waals surface area contributed by atoms with E-state index < -0.39 is 11.7 Å². The second kappa shape index (κ2) is 15.8. The van der Waals surface area contributed by atoms with Crippen molar-refractivity contribution in [1.82, 2.24) is 9.13 Å². The molecule has 11 aromatic rings. The first kappa shape index (κ1) is 41.6. The largest absolute Gasteiger partial charge is 0.416 e. The van der Waals surface area contributed by atoms with Crippen molar-refractivity contribution < 1.29 is 13.2 Å². The molecule has 67 heavy (non-hydrogen) atoms. The second-order valence-corrected chi connectivity index (χ2v) is 17.9. The van der Waals surface area contributed by atoms with E-state index in [0.29, 0.717) is 22.4 Å². The van der Waals surface area contributed by atoms with E-state index in [1.54, 1.807) is 6.92 Å². The van der Waals surface area contributed by atoms with Gasteiger partial charge in [0.2, 0.25) is 0 Å². The number of alkyl halides is 3. The van der Waals surface area contributed by atoms with Gasteiger partial charge in [-0.25, -0.2) is 4.85 Å². The Labute approximate surface area is 387 Å². The first-order chi connectivity index (χ1) is 32.3. The molecule has 324 valence electrons. The van der Waals surface area contributed by atoms with Gasteiger partial charge < -0.3 is 9.13 Å². The molecule has 0 bridgehead atoms. The number of aryl methyl sites for hydroxylation is 5. The monoisotopic (exact) mass is 875 g/mol. The lowest BCUT2D eigenvalue weighted by Gasteiger charge is -2.20. The van der Waals surface area contributed by atoms with Crippen molar-refractivity contribution in [3.8, 4) is 55.9 Å². The summed E-state index contributed by atoms with van der Waals surface area (Å²) in [7, 11) is 0. The predicted octanol–water partition coefficient (Wildman–Crippen LogP) is 17.7. The van der Waals surface area contributed by atoms with E-state index in [1.807, 2.05) is 54.6 Å². The van der Waals surface area contributed by atoms with Gasteiger partial charge in [0.25, 0.3) is 0 Å². The van der Waals surface area contributed by atoms with Gasteiger partial charge in [0, 0.05) is 27.1 Å². The number of halogens is 3. The number of para-hydroxylation sites is 2. The van der Waals surface area contributed by atoms with Crippen LogP contribution >= 0.6 is 0 Å². The number of aromatic nitrogens is 2. The molecule has 0 atom stereocenters. The second-order valence-electron chi connectivity index (χ2n) is 17.9. The molecular formula is C61H44F3N3. The summed E-state index contributed by atoms with van der Waals surface area (Å²) in [5.74, 6) is 0. The van der Waals surface area contributed by atoms with Gasteiger partial charge >= 0.3 is 6.18 Å². The highest BCUT2D eigenvalue weighted by Gasteiger charge is 2.31. The lowest BCUT2D eigenvalue weighted by Crippen LogP contribution is -2.05. The summed E-state index contributed by atoms with van der Waals surface area (Å²) in [4.78, 5) is 3.94. The number of rotatable bonds is 6. The molecule has 0 radical (unpaired) electrons. The molecule has 0 aliphatic heterocycles. The highest BCUT2D eigenvalue weighted by Crippen LogP contribution is 2.45. The Hall–Kier alpha value is -8.14. The number of hydrogen-bond acceptors (Lipinski definition) is 0. The molecule has 0 spiro atoms. The molecule has 0 fully saturated rings. The maximum atomic E-state index is 14.4. The Kier molecular flexibility index (Phi) is 9.79. The van der Waals surface area contributed by atoms with Crippen LogP contribution in [0.5, 0.6) is 0 Å². The quantitative estimate of drug-likeness (QED) is 0.148. The molecule has 2 heterocycles. The van der Waals surface area contributed by atoms with Crippen LogP contribution < -0.4 is 0 Å². The topological polar surface area (TPSA) is 14.2 Å². The van der Waals surface area contributed by atoms with Crippen LogP contribution in [0, 0.1) is 41.2 Å². The summed E-state index contributed by atoms with van der Waals surface area (Å²) in [5, 5.41) is 4.30. The molecule has 3 nitrogen and oxygen atoms in total. The maximum Gasteiger partial charge on any atom is 0.416 e. The van der Waals surface area contributed by atoms with Crippen molar-refractivity contribution in [2.24, 2.45) is 0 Å². The summed E-state index contributed by atoms with van der Waals surface area (Å²) in [6, 6.07) is 59.1. The third kappa shape index (κ3) is 7.06. The van der Waals surface area contributed by atoms with Gasteiger partial charge in [0.05, 0.1) is 45.6 Å². The molecular weight excluding hydrogens is 832 g/mol. The van der Waals surface area contributed by atoms with Gasteiger partial charge in [-0.1, -0.05) is 120 Å². The average Bonchev–Trinajstić information content (AvgIpc) is 3.83. The maximum absolute atomic E-state index is 14.4. The van der Waals surface area contributed by atoms with Gasteiger partial charge in [0.15, 0.2) is 5.69 Å². The molecule has 0 N–H and O–H groups in total. The number of benzene rings is 9. The van der Waals surface area contributed by atoms with Gasteiger partial charge in [-0.2, -0.15) is 13.2 Å². The fraction of sp³-hybridized carbons (Fsp3) is 0.0984. The number of nitrogens with zero attached hydrogens (tertiary/aromatic N) is 3. The number of fused-ring (bicyclic) bond motifs is 6. The lowest BCUT2D eigenvalue weighted by molar-refractivity contribution is -0.137. The van der Waals surface area contributed by atoms with Crippen LogP contribution in [0.3, 0.4) is 0 Å². The molecule has 0 aliphatic carbocycles. The first-order valence-electron chi connectivity index (χ1n) is 22.4. The van der Waals surface area contributed by atoms with Crippen LogP contribution in [0.1, 0.15) is 33.4 Å². The molecule has 9 aromatic carbocycles. The van der Waals surface area contributed by atoms with E-state index in [1.165, 1.54) is 39.9 Å². The van der Waals surface area contributed by atoms with Crippen LogP contribution in [0.2, 0.25) is 0 Å². The summed E-state index contributed by atoms with van der Waals surface area (Å²) >= 11 is 0. The van der Waals surface area contributed by atoms with Gasteiger partial charge in [0.1, 0.15) is 0 Å². The first-order valence-corrected chi connectivity index (χ1v) is 22.4. The smallest absolute Gasteiger partial charge is 0.309 e. The molecule has 0 amide bonds. The van der Waals surface area contributed by atoms with E-state index in [9.17, 15) is 13.2 Å². The molecule has 0 saturated carbocycles. The summed E-state index contributed by atoms with van der Waals surface area (Å²) in [6.45, 7) is 18.4. The zero-order chi connectivity index (χ0) is 46.3. The highest BCUT2D eigenvalue weighted by atomic mass is 19.4. The van der Waals surface area contributed by atoms with Gasteiger partial charge in [-0.3, -0.25) is 0 Å². The van der Waals surface area contributed by atoms with Gasteiger partial charge in [-0.15, -0.1) is 0 Å². The van der Waals surface area contributed by atoms with Crippen molar-refractivity contribution in [2.45, 2.75) is 40.8 Å². The fourth-order valence-corrected chi connectivity index (χ4v) is 10.3. The Morgan fingerprint density at radius 2 is 0.910 bits per heavy atom. The average molecular weight is 876 g/mol. The van der Waals surface area contributed by atoms with Crippen molar-refractivity contribution >= 4 is 49.3 Å². The van der Waals surface area contributed by atoms with Crippen molar-refractivity contribution in [2.75, 3.05) is 0 Å². The fourth-order valence-electron chi connectivity index (χ4n) is 10.3. The van der Waals surface area contributed by atoms with Crippen LogP contribution in [0.25, 0.3) is 104 Å². The summed E-state index contributed by atoms with van der Waals surface area (Å²) in [5.41, 5.74) is 18.0. The predicted molar refractivity (Wildman–Crippen MR) is 272 cm³/mol. The molecule has 0 saturated heterocycles. The zero-order valence-electron chi connectivity index (χ0n) is 37.7. The van der Waals surface area contributed by atoms with Crippen LogP contribution in [-0.2, 0) is 6.18 Å². The van der Waals surface area contributed by atoms with E-state index in [-0.39, 0.29) is 0 Å². The van der Waals surface area contributed by atoms with E-state index in [4.69, 9.17) is 6.57 Å². The van der Waals surface area contributed by atoms with E-state index in [0.717, 1.165) is 82.8 Å². The zero-order valence-corrected chi connectivity index (χ0v) is 37.7.